The second-order valence-electron chi connectivity index (χ2n) is 6.73. The summed E-state index contributed by atoms with van der Waals surface area (Å²) in [5, 5.41) is 3.60. The highest BCUT2D eigenvalue weighted by molar-refractivity contribution is 5.99. The third-order valence-corrected chi connectivity index (χ3v) is 5.26. The lowest BCUT2D eigenvalue weighted by atomic mass is 9.91. The smallest absolute Gasteiger partial charge is 0.244 e. The van der Waals surface area contributed by atoms with Crippen LogP contribution in [0.25, 0.3) is 0 Å². The average molecular weight is 332 g/mol. The Hall–Kier alpha value is -1.59. The van der Waals surface area contributed by atoms with Crippen molar-refractivity contribution in [2.75, 3.05) is 25.7 Å². The van der Waals surface area contributed by atoms with Gasteiger partial charge in [-0.3, -0.25) is 4.79 Å². The molecule has 3 rings (SSSR count). The molecule has 1 aliphatic heterocycles. The fourth-order valence-electron chi connectivity index (χ4n) is 3.87. The number of methoxy groups -OCH3 is 2. The molecule has 5 heteroatoms. The van der Waals surface area contributed by atoms with Crippen molar-refractivity contribution in [3.8, 4) is 5.75 Å². The van der Waals surface area contributed by atoms with Crippen molar-refractivity contribution < 1.29 is 14.3 Å². The van der Waals surface area contributed by atoms with Gasteiger partial charge >= 0.3 is 0 Å². The molecule has 5 nitrogen and oxygen atoms in total. The van der Waals surface area contributed by atoms with Crippen molar-refractivity contribution in [1.82, 2.24) is 5.32 Å². The van der Waals surface area contributed by atoms with E-state index in [2.05, 4.69) is 5.32 Å². The number of benzene rings is 1. The molecule has 1 unspecified atom stereocenters. The Kier molecular flexibility index (Phi) is 5.74. The highest BCUT2D eigenvalue weighted by Crippen LogP contribution is 2.31. The summed E-state index contributed by atoms with van der Waals surface area (Å²) in [5.74, 6) is 0.923. The SMILES string of the molecule is COc1ccccc1N1CCCC(NC2CCC(OC)CC2)C1=O. The summed E-state index contributed by atoms with van der Waals surface area (Å²) < 4.78 is 10.9. The highest BCUT2D eigenvalue weighted by atomic mass is 16.5. The molecule has 1 N–H and O–H groups in total. The Balaban J connectivity index is 1.65. The zero-order chi connectivity index (χ0) is 16.9. The number of rotatable bonds is 5. The lowest BCUT2D eigenvalue weighted by Crippen LogP contribution is -2.54. The van der Waals surface area contributed by atoms with E-state index >= 15 is 0 Å². The third-order valence-electron chi connectivity index (χ3n) is 5.26. The maximum atomic E-state index is 13.0. The molecule has 2 aliphatic rings. The Bertz CT molecular complexity index is 555. The molecule has 24 heavy (non-hydrogen) atoms. The molecule has 1 heterocycles. The first-order chi connectivity index (χ1) is 11.7. The van der Waals surface area contributed by atoms with E-state index in [4.69, 9.17) is 9.47 Å². The van der Waals surface area contributed by atoms with E-state index in [1.807, 2.05) is 29.2 Å². The van der Waals surface area contributed by atoms with Crippen molar-refractivity contribution >= 4 is 11.6 Å². The van der Waals surface area contributed by atoms with Gasteiger partial charge in [0.15, 0.2) is 0 Å². The average Bonchev–Trinajstić information content (AvgIpc) is 2.64. The van der Waals surface area contributed by atoms with E-state index in [0.717, 1.165) is 56.5 Å². The third kappa shape index (κ3) is 3.73. The second-order valence-corrected chi connectivity index (χ2v) is 6.73. The molecule has 0 radical (unpaired) electrons. The summed E-state index contributed by atoms with van der Waals surface area (Å²) >= 11 is 0. The minimum Gasteiger partial charge on any atom is -0.495 e. The zero-order valence-electron chi connectivity index (χ0n) is 14.7. The van der Waals surface area contributed by atoms with Gasteiger partial charge in [-0.1, -0.05) is 12.1 Å². The van der Waals surface area contributed by atoms with Crippen LogP contribution in [0.3, 0.4) is 0 Å². The highest BCUT2D eigenvalue weighted by Gasteiger charge is 2.33. The molecule has 1 aliphatic carbocycles. The summed E-state index contributed by atoms with van der Waals surface area (Å²) in [7, 11) is 3.44. The standard InChI is InChI=1S/C19H28N2O3/c1-23-15-11-9-14(10-12-15)20-16-6-5-13-21(19(16)22)17-7-3-4-8-18(17)24-2/h3-4,7-8,14-16,20H,5-6,9-13H2,1-2H3. The number of carbonyl (C=O) groups excluding carboxylic acids is 1. The number of anilines is 1. The zero-order valence-corrected chi connectivity index (χ0v) is 14.7. The summed E-state index contributed by atoms with van der Waals surface area (Å²) in [4.78, 5) is 14.8. The summed E-state index contributed by atoms with van der Waals surface area (Å²) in [6.07, 6.45) is 6.61. The Morgan fingerprint density at radius 1 is 1.08 bits per heavy atom. The molecule has 1 aromatic carbocycles. The summed E-state index contributed by atoms with van der Waals surface area (Å²) in [6, 6.07) is 8.08. The number of ether oxygens (including phenoxy) is 2. The van der Waals surface area contributed by atoms with Crippen LogP contribution < -0.4 is 15.0 Å². The van der Waals surface area contributed by atoms with E-state index in [1.54, 1.807) is 14.2 Å². The van der Waals surface area contributed by atoms with E-state index in [0.29, 0.717) is 12.1 Å². The molecule has 0 bridgehead atoms. The first-order valence-corrected chi connectivity index (χ1v) is 8.96. The molecule has 1 aromatic rings. The van der Waals surface area contributed by atoms with Crippen molar-refractivity contribution in [2.45, 2.75) is 56.7 Å². The predicted molar refractivity (Wildman–Crippen MR) is 94.6 cm³/mol. The number of nitrogens with one attached hydrogen (secondary N) is 1. The van der Waals surface area contributed by atoms with Gasteiger partial charge in [0.2, 0.25) is 5.91 Å². The number of amides is 1. The van der Waals surface area contributed by atoms with Crippen LogP contribution in [0.15, 0.2) is 24.3 Å². The molecule has 132 valence electrons. The Morgan fingerprint density at radius 3 is 2.54 bits per heavy atom. The predicted octanol–water partition coefficient (Wildman–Crippen LogP) is 2.74. The van der Waals surface area contributed by atoms with Gasteiger partial charge in [-0.05, 0) is 50.7 Å². The van der Waals surface area contributed by atoms with E-state index < -0.39 is 0 Å². The van der Waals surface area contributed by atoms with Crippen LogP contribution in [0.1, 0.15) is 38.5 Å². The molecule has 0 aromatic heterocycles. The van der Waals surface area contributed by atoms with Crippen LogP contribution in [0.5, 0.6) is 5.75 Å². The van der Waals surface area contributed by atoms with Gasteiger partial charge in [0, 0.05) is 19.7 Å². The monoisotopic (exact) mass is 332 g/mol. The normalized spacial score (nSPS) is 28.0. The maximum absolute atomic E-state index is 13.0. The van der Waals surface area contributed by atoms with Crippen LogP contribution in [-0.2, 0) is 9.53 Å². The molecule has 2 fully saturated rings. The summed E-state index contributed by atoms with van der Waals surface area (Å²) in [5.41, 5.74) is 0.875. The van der Waals surface area contributed by atoms with E-state index in [-0.39, 0.29) is 11.9 Å². The Morgan fingerprint density at radius 2 is 1.83 bits per heavy atom. The van der Waals surface area contributed by atoms with Crippen LogP contribution >= 0.6 is 0 Å². The van der Waals surface area contributed by atoms with Crippen molar-refractivity contribution in [3.63, 3.8) is 0 Å². The lowest BCUT2D eigenvalue weighted by molar-refractivity contribution is -0.122. The molecule has 1 saturated carbocycles. The molecule has 1 atom stereocenters. The number of nitrogens with zero attached hydrogens (tertiary/aromatic N) is 1. The number of hydrogen-bond donors (Lipinski definition) is 1. The van der Waals surface area contributed by atoms with Crippen LogP contribution in [0.4, 0.5) is 5.69 Å². The van der Waals surface area contributed by atoms with Gasteiger partial charge < -0.3 is 19.7 Å². The van der Waals surface area contributed by atoms with Crippen molar-refractivity contribution in [1.29, 1.82) is 0 Å². The molecular weight excluding hydrogens is 304 g/mol. The van der Waals surface area contributed by atoms with Crippen LogP contribution in [0.2, 0.25) is 0 Å². The first kappa shape index (κ1) is 17.2. The van der Waals surface area contributed by atoms with Gasteiger partial charge in [-0.2, -0.15) is 0 Å². The fraction of sp³-hybridized carbons (Fsp3) is 0.632. The molecular formula is C19H28N2O3. The quantitative estimate of drug-likeness (QED) is 0.901. The van der Waals surface area contributed by atoms with Gasteiger partial charge in [-0.25, -0.2) is 0 Å². The Labute approximate surface area is 144 Å². The topological polar surface area (TPSA) is 50.8 Å². The number of hydrogen-bond acceptors (Lipinski definition) is 4. The fourth-order valence-corrected chi connectivity index (χ4v) is 3.87. The van der Waals surface area contributed by atoms with Gasteiger partial charge in [0.05, 0.1) is 24.9 Å². The molecule has 1 amide bonds. The van der Waals surface area contributed by atoms with Crippen molar-refractivity contribution in [3.05, 3.63) is 24.3 Å². The van der Waals surface area contributed by atoms with Crippen molar-refractivity contribution in [2.24, 2.45) is 0 Å². The van der Waals surface area contributed by atoms with E-state index in [9.17, 15) is 4.79 Å². The van der Waals surface area contributed by atoms with Crippen LogP contribution in [-0.4, -0.2) is 44.9 Å². The minimum atomic E-state index is -0.0900. The second kappa shape index (κ2) is 7.99. The lowest BCUT2D eigenvalue weighted by Gasteiger charge is -2.37. The molecule has 1 saturated heterocycles. The molecule has 0 spiro atoms. The van der Waals surface area contributed by atoms with Gasteiger partial charge in [0.1, 0.15) is 5.75 Å². The maximum Gasteiger partial charge on any atom is 0.244 e. The number of carbonyl (C=O) groups is 1. The van der Waals surface area contributed by atoms with E-state index in [1.165, 1.54) is 0 Å². The minimum absolute atomic E-state index is 0.0900. The largest absolute Gasteiger partial charge is 0.495 e. The van der Waals surface area contributed by atoms with Crippen LogP contribution in [0, 0.1) is 0 Å². The number of piperidine rings is 1. The van der Waals surface area contributed by atoms with Gasteiger partial charge in [0.25, 0.3) is 0 Å². The number of para-hydroxylation sites is 2. The summed E-state index contributed by atoms with van der Waals surface area (Å²) in [6.45, 7) is 0.758. The first-order valence-electron chi connectivity index (χ1n) is 8.96. The van der Waals surface area contributed by atoms with Gasteiger partial charge in [-0.15, -0.1) is 0 Å².